The highest BCUT2D eigenvalue weighted by Crippen LogP contribution is 2.34. The molecule has 0 spiro atoms. The summed E-state index contributed by atoms with van der Waals surface area (Å²) in [5.74, 6) is 0.578. The number of thiophene rings is 1. The highest BCUT2D eigenvalue weighted by Gasteiger charge is 2.35. The molecular weight excluding hydrogens is 516 g/mol. The van der Waals surface area contributed by atoms with Crippen LogP contribution in [0.15, 0.2) is 76.8 Å². The number of hydrogen-bond donors (Lipinski definition) is 3. The first kappa shape index (κ1) is 24.5. The predicted molar refractivity (Wildman–Crippen MR) is 150 cm³/mol. The minimum absolute atomic E-state index is 0.0206. The number of fused-ring (bicyclic) bond motifs is 2. The molecule has 1 amide bonds. The maximum Gasteiger partial charge on any atom is 0.298 e. The molecule has 1 aliphatic rings. The summed E-state index contributed by atoms with van der Waals surface area (Å²) in [4.78, 5) is 53.5. The highest BCUT2D eigenvalue weighted by atomic mass is 32.1. The van der Waals surface area contributed by atoms with Crippen molar-refractivity contribution in [2.24, 2.45) is 0 Å². The average molecular weight is 541 g/mol. The van der Waals surface area contributed by atoms with Gasteiger partial charge in [-0.3, -0.25) is 23.5 Å². The van der Waals surface area contributed by atoms with Crippen LogP contribution in [-0.2, 0) is 11.3 Å². The third-order valence-electron chi connectivity index (χ3n) is 6.69. The van der Waals surface area contributed by atoms with E-state index in [1.54, 1.807) is 30.6 Å². The van der Waals surface area contributed by atoms with Gasteiger partial charge in [0.15, 0.2) is 5.82 Å². The van der Waals surface area contributed by atoms with Crippen LogP contribution in [0.4, 0.5) is 17.3 Å². The number of carbonyl (C=O) groups excluding carboxylic acids is 1. The summed E-state index contributed by atoms with van der Waals surface area (Å²) in [5.41, 5.74) is 5.65. The van der Waals surface area contributed by atoms with Gasteiger partial charge in [-0.2, -0.15) is 0 Å². The standard InChI is InChI=1S/C27H24N8O3S/c1-15-9-20(25(36)32-13-18-10-16-12-30-22(28)11-21(16)39-18)35-24(15)31-14-19(26(35)37)33-23-27(38)34(8-7-29-23)17-5-3-2-4-6-17/h2-8,10-12,14-15,20H,9,13H2,1H3,(H2,28,30)(H,29,33)(H,32,36)/t15-,20+/m1/s1. The van der Waals surface area contributed by atoms with Gasteiger partial charge in [-0.1, -0.05) is 25.1 Å². The van der Waals surface area contributed by atoms with E-state index in [9.17, 15) is 14.4 Å². The van der Waals surface area contributed by atoms with Crippen LogP contribution < -0.4 is 27.5 Å². The largest absolute Gasteiger partial charge is 0.384 e. The molecule has 11 nitrogen and oxygen atoms in total. The molecule has 12 heteroatoms. The van der Waals surface area contributed by atoms with Crippen molar-refractivity contribution in [1.29, 1.82) is 0 Å². The smallest absolute Gasteiger partial charge is 0.298 e. The minimum atomic E-state index is -0.729. The van der Waals surface area contributed by atoms with E-state index >= 15 is 0 Å². The number of anilines is 3. The maximum atomic E-state index is 13.5. The SMILES string of the molecule is C[C@@H]1C[C@@H](C(=O)NCc2cc3cnc(N)cc3s2)n2c1ncc(Nc1nccn(-c3ccccc3)c1=O)c2=O. The molecule has 1 aliphatic heterocycles. The Morgan fingerprint density at radius 3 is 2.74 bits per heavy atom. The summed E-state index contributed by atoms with van der Waals surface area (Å²) in [7, 11) is 0. The fourth-order valence-electron chi connectivity index (χ4n) is 4.80. The number of para-hydroxylation sites is 1. The Kier molecular flexibility index (Phi) is 6.15. The molecule has 0 aliphatic carbocycles. The normalized spacial score (nSPS) is 16.2. The van der Waals surface area contributed by atoms with Gasteiger partial charge in [0.1, 0.15) is 23.4 Å². The quantitative estimate of drug-likeness (QED) is 0.297. The van der Waals surface area contributed by atoms with Gasteiger partial charge in [-0.05, 0) is 30.7 Å². The van der Waals surface area contributed by atoms with Crippen molar-refractivity contribution in [3.05, 3.63) is 98.7 Å². The van der Waals surface area contributed by atoms with Crippen molar-refractivity contribution in [2.75, 3.05) is 11.1 Å². The van der Waals surface area contributed by atoms with Crippen molar-refractivity contribution in [3.63, 3.8) is 0 Å². The Balaban J connectivity index is 1.25. The number of amides is 1. The zero-order valence-corrected chi connectivity index (χ0v) is 21.7. The van der Waals surface area contributed by atoms with E-state index < -0.39 is 17.2 Å². The second-order valence-corrected chi connectivity index (χ2v) is 10.5. The summed E-state index contributed by atoms with van der Waals surface area (Å²) >= 11 is 1.53. The van der Waals surface area contributed by atoms with E-state index in [0.717, 1.165) is 15.0 Å². The molecule has 5 heterocycles. The van der Waals surface area contributed by atoms with Gasteiger partial charge in [0.2, 0.25) is 5.91 Å². The van der Waals surface area contributed by atoms with Crippen LogP contribution in [0, 0.1) is 0 Å². The van der Waals surface area contributed by atoms with E-state index in [2.05, 4.69) is 25.6 Å². The lowest BCUT2D eigenvalue weighted by Crippen LogP contribution is -2.36. The van der Waals surface area contributed by atoms with E-state index in [4.69, 9.17) is 5.73 Å². The van der Waals surface area contributed by atoms with Gasteiger partial charge in [0, 0.05) is 45.2 Å². The van der Waals surface area contributed by atoms with Crippen molar-refractivity contribution in [3.8, 4) is 5.69 Å². The second kappa shape index (κ2) is 9.80. The molecule has 5 aromatic rings. The average Bonchev–Trinajstić information content (AvgIpc) is 3.50. The maximum absolute atomic E-state index is 13.5. The van der Waals surface area contributed by atoms with E-state index in [1.165, 1.54) is 32.9 Å². The molecule has 0 saturated carbocycles. The number of rotatable bonds is 6. The van der Waals surface area contributed by atoms with E-state index in [1.807, 2.05) is 31.2 Å². The first-order valence-corrected chi connectivity index (χ1v) is 13.1. The fourth-order valence-corrected chi connectivity index (χ4v) is 5.82. The van der Waals surface area contributed by atoms with Crippen LogP contribution in [0.2, 0.25) is 0 Å². The number of nitrogens with zero attached hydrogens (tertiary/aromatic N) is 5. The number of nitrogens with one attached hydrogen (secondary N) is 2. The Morgan fingerprint density at radius 2 is 1.92 bits per heavy atom. The van der Waals surface area contributed by atoms with E-state index in [-0.39, 0.29) is 23.3 Å². The number of hydrogen-bond acceptors (Lipinski definition) is 9. The monoisotopic (exact) mass is 540 g/mol. The van der Waals surface area contributed by atoms with E-state index in [0.29, 0.717) is 30.3 Å². The minimum Gasteiger partial charge on any atom is -0.384 e. The Labute approximate surface area is 226 Å². The topological polar surface area (TPSA) is 150 Å². The van der Waals surface area contributed by atoms with Gasteiger partial charge >= 0.3 is 0 Å². The van der Waals surface area contributed by atoms with Crippen LogP contribution in [-0.4, -0.2) is 30.0 Å². The molecule has 0 fully saturated rings. The van der Waals surface area contributed by atoms with Gasteiger partial charge in [-0.25, -0.2) is 15.0 Å². The highest BCUT2D eigenvalue weighted by molar-refractivity contribution is 7.19. The fraction of sp³-hybridized carbons (Fsp3) is 0.185. The first-order chi connectivity index (χ1) is 18.9. The van der Waals surface area contributed by atoms with Gasteiger partial charge in [0.25, 0.3) is 11.1 Å². The molecule has 6 rings (SSSR count). The molecule has 1 aromatic carbocycles. The number of pyridine rings is 1. The van der Waals surface area contributed by atoms with Gasteiger partial charge < -0.3 is 16.4 Å². The summed E-state index contributed by atoms with van der Waals surface area (Å²) in [5, 5.41) is 6.75. The lowest BCUT2D eigenvalue weighted by Gasteiger charge is -2.15. The van der Waals surface area contributed by atoms with Crippen molar-refractivity contribution in [2.45, 2.75) is 31.8 Å². The number of nitrogen functional groups attached to an aromatic ring is 1. The summed E-state index contributed by atoms with van der Waals surface area (Å²) in [6, 6.07) is 12.1. The molecule has 0 bridgehead atoms. The number of benzene rings is 1. The molecule has 4 aromatic heterocycles. The summed E-state index contributed by atoms with van der Waals surface area (Å²) in [6.07, 6.45) is 6.57. The molecule has 4 N–H and O–H groups in total. The molecule has 2 atom stereocenters. The molecule has 39 heavy (non-hydrogen) atoms. The third kappa shape index (κ3) is 4.55. The van der Waals surface area contributed by atoms with Crippen LogP contribution in [0.1, 0.15) is 36.0 Å². The lowest BCUT2D eigenvalue weighted by atomic mass is 10.1. The Bertz CT molecular complexity index is 1830. The van der Waals surface area contributed by atoms with Crippen molar-refractivity contribution in [1.82, 2.24) is 29.4 Å². The summed E-state index contributed by atoms with van der Waals surface area (Å²) < 4.78 is 3.84. The van der Waals surface area contributed by atoms with Gasteiger partial charge in [0.05, 0.1) is 12.7 Å². The van der Waals surface area contributed by atoms with Crippen LogP contribution in [0.5, 0.6) is 0 Å². The number of aromatic nitrogens is 5. The first-order valence-electron chi connectivity index (χ1n) is 12.3. The van der Waals surface area contributed by atoms with Crippen molar-refractivity contribution >= 4 is 44.7 Å². The van der Waals surface area contributed by atoms with Crippen LogP contribution in [0.25, 0.3) is 15.8 Å². The van der Waals surface area contributed by atoms with Gasteiger partial charge in [-0.15, -0.1) is 11.3 Å². The molecule has 0 radical (unpaired) electrons. The summed E-state index contributed by atoms with van der Waals surface area (Å²) in [6.45, 7) is 2.24. The zero-order valence-electron chi connectivity index (χ0n) is 20.9. The van der Waals surface area contributed by atoms with Crippen LogP contribution in [0.3, 0.4) is 0 Å². The lowest BCUT2D eigenvalue weighted by molar-refractivity contribution is -0.124. The predicted octanol–water partition coefficient (Wildman–Crippen LogP) is 3.09. The second-order valence-electron chi connectivity index (χ2n) is 9.35. The Morgan fingerprint density at radius 1 is 1.10 bits per heavy atom. The van der Waals surface area contributed by atoms with Crippen molar-refractivity contribution < 1.29 is 4.79 Å². The van der Waals surface area contributed by atoms with Crippen LogP contribution >= 0.6 is 11.3 Å². The number of nitrogens with two attached hydrogens (primary N) is 1. The molecule has 0 saturated heterocycles. The molecule has 0 unspecified atom stereocenters. The number of carbonyl (C=O) groups is 1. The zero-order chi connectivity index (χ0) is 27.1. The molecule has 196 valence electrons. The Hall–Kier alpha value is -4.84. The molecular formula is C27H24N8O3S. The third-order valence-corrected chi connectivity index (χ3v) is 7.79.